The lowest BCUT2D eigenvalue weighted by Crippen LogP contribution is -2.36. The summed E-state index contributed by atoms with van der Waals surface area (Å²) in [7, 11) is 1.96. The molecule has 0 spiro atoms. The lowest BCUT2D eigenvalue weighted by molar-refractivity contribution is 0.238. The first-order chi connectivity index (χ1) is 13.1. The number of benzene rings is 1. The number of hydrogen-bond donors (Lipinski definition) is 2. The van der Waals surface area contributed by atoms with Crippen molar-refractivity contribution < 1.29 is 4.79 Å². The SMILES string of the molecule is CCNC(=O)N[C@@H](C)c1cccc(-c2nc3c(ncc4ncn(C)c43)s2)c1. The normalized spacial score (nSPS) is 12.4. The second-order valence-corrected chi connectivity index (χ2v) is 7.35. The number of nitrogens with one attached hydrogen (secondary N) is 2. The van der Waals surface area contributed by atoms with E-state index in [1.54, 1.807) is 23.9 Å². The van der Waals surface area contributed by atoms with E-state index in [0.717, 1.165) is 37.5 Å². The predicted molar refractivity (Wildman–Crippen MR) is 108 cm³/mol. The number of hydrogen-bond acceptors (Lipinski definition) is 5. The van der Waals surface area contributed by atoms with Crippen molar-refractivity contribution in [3.8, 4) is 10.6 Å². The highest BCUT2D eigenvalue weighted by Crippen LogP contribution is 2.33. The number of nitrogens with zero attached hydrogens (tertiary/aromatic N) is 4. The topological polar surface area (TPSA) is 84.7 Å². The Hall–Kier alpha value is -3.00. The molecule has 0 aliphatic heterocycles. The molecule has 1 atom stereocenters. The molecule has 8 heteroatoms. The van der Waals surface area contributed by atoms with Crippen LogP contribution in [0.15, 0.2) is 36.8 Å². The summed E-state index contributed by atoms with van der Waals surface area (Å²) in [5.41, 5.74) is 4.73. The highest BCUT2D eigenvalue weighted by Gasteiger charge is 2.15. The maximum atomic E-state index is 11.8. The van der Waals surface area contributed by atoms with E-state index >= 15 is 0 Å². The number of thiazole rings is 1. The van der Waals surface area contributed by atoms with Gasteiger partial charge < -0.3 is 15.2 Å². The van der Waals surface area contributed by atoms with Crippen molar-refractivity contribution in [1.82, 2.24) is 30.2 Å². The number of urea groups is 1. The van der Waals surface area contributed by atoms with Gasteiger partial charge in [-0.25, -0.2) is 19.7 Å². The quantitative estimate of drug-likeness (QED) is 0.566. The third-order valence-corrected chi connectivity index (χ3v) is 5.43. The first kappa shape index (κ1) is 17.4. The number of carbonyl (C=O) groups excluding carboxylic acids is 1. The molecule has 2 amide bonds. The number of imidazole rings is 1. The standard InChI is InChI=1S/C19H20N6OS/c1-4-20-19(26)23-11(2)12-6-5-7-13(8-12)17-24-15-16-14(22-10-25(16)3)9-21-18(15)27-17/h5-11H,4H2,1-3H3,(H2,20,23,26)/t11-/m0/s1. The third-order valence-electron chi connectivity index (χ3n) is 4.42. The van der Waals surface area contributed by atoms with Crippen LogP contribution in [-0.4, -0.2) is 32.1 Å². The largest absolute Gasteiger partial charge is 0.338 e. The van der Waals surface area contributed by atoms with Crippen molar-refractivity contribution in [1.29, 1.82) is 0 Å². The molecule has 0 radical (unpaired) electrons. The first-order valence-electron chi connectivity index (χ1n) is 8.78. The number of amides is 2. The Balaban J connectivity index is 1.70. The summed E-state index contributed by atoms with van der Waals surface area (Å²) in [5.74, 6) is 0. The monoisotopic (exact) mass is 380 g/mol. The summed E-state index contributed by atoms with van der Waals surface area (Å²) in [6.07, 6.45) is 3.56. The van der Waals surface area contributed by atoms with Gasteiger partial charge in [-0.1, -0.05) is 29.5 Å². The van der Waals surface area contributed by atoms with Gasteiger partial charge in [-0.15, -0.1) is 0 Å². The second kappa shape index (κ2) is 6.96. The molecule has 3 heterocycles. The van der Waals surface area contributed by atoms with Crippen molar-refractivity contribution in [3.05, 3.63) is 42.4 Å². The number of pyridine rings is 1. The molecular weight excluding hydrogens is 360 g/mol. The number of aryl methyl sites for hydroxylation is 1. The van der Waals surface area contributed by atoms with Crippen LogP contribution < -0.4 is 10.6 Å². The molecule has 0 saturated heterocycles. The van der Waals surface area contributed by atoms with Crippen LogP contribution >= 0.6 is 11.3 Å². The lowest BCUT2D eigenvalue weighted by atomic mass is 10.1. The van der Waals surface area contributed by atoms with Gasteiger partial charge >= 0.3 is 6.03 Å². The summed E-state index contributed by atoms with van der Waals surface area (Å²) < 4.78 is 1.97. The van der Waals surface area contributed by atoms with Crippen LogP contribution in [0.3, 0.4) is 0 Å². The van der Waals surface area contributed by atoms with E-state index in [1.807, 2.05) is 43.7 Å². The van der Waals surface area contributed by atoms with Gasteiger partial charge in [0.05, 0.1) is 24.1 Å². The second-order valence-electron chi connectivity index (χ2n) is 6.37. The Bertz CT molecular complexity index is 1130. The molecule has 27 heavy (non-hydrogen) atoms. The summed E-state index contributed by atoms with van der Waals surface area (Å²) in [6, 6.07) is 7.81. The summed E-state index contributed by atoms with van der Waals surface area (Å²) in [4.78, 5) is 26.4. The Kier molecular flexibility index (Phi) is 4.49. The minimum atomic E-state index is -0.168. The van der Waals surface area contributed by atoms with Crippen LogP contribution in [0.2, 0.25) is 0 Å². The van der Waals surface area contributed by atoms with Crippen LogP contribution in [0.5, 0.6) is 0 Å². The minimum Gasteiger partial charge on any atom is -0.338 e. The van der Waals surface area contributed by atoms with Gasteiger partial charge in [-0.2, -0.15) is 0 Å². The maximum Gasteiger partial charge on any atom is 0.315 e. The van der Waals surface area contributed by atoms with Crippen molar-refractivity contribution >= 4 is 38.7 Å². The van der Waals surface area contributed by atoms with Gasteiger partial charge in [-0.3, -0.25) is 0 Å². The fourth-order valence-corrected chi connectivity index (χ4v) is 3.97. The molecule has 4 aromatic rings. The van der Waals surface area contributed by atoms with E-state index in [4.69, 9.17) is 4.98 Å². The summed E-state index contributed by atoms with van der Waals surface area (Å²) in [6.45, 7) is 4.46. The zero-order valence-corrected chi connectivity index (χ0v) is 16.2. The van der Waals surface area contributed by atoms with Gasteiger partial charge in [0.25, 0.3) is 0 Å². The van der Waals surface area contributed by atoms with E-state index in [9.17, 15) is 4.79 Å². The molecule has 3 aromatic heterocycles. The molecule has 0 fully saturated rings. The van der Waals surface area contributed by atoms with Gasteiger partial charge in [0, 0.05) is 19.2 Å². The average molecular weight is 380 g/mol. The molecule has 7 nitrogen and oxygen atoms in total. The number of aromatic nitrogens is 4. The molecule has 0 bridgehead atoms. The van der Waals surface area contributed by atoms with Crippen molar-refractivity contribution in [3.63, 3.8) is 0 Å². The molecule has 4 rings (SSSR count). The maximum absolute atomic E-state index is 11.8. The van der Waals surface area contributed by atoms with E-state index in [0.29, 0.717) is 6.54 Å². The van der Waals surface area contributed by atoms with E-state index in [2.05, 4.69) is 26.7 Å². The van der Waals surface area contributed by atoms with Crippen molar-refractivity contribution in [2.24, 2.45) is 7.05 Å². The zero-order chi connectivity index (χ0) is 19.0. The average Bonchev–Trinajstić information content (AvgIpc) is 3.25. The van der Waals surface area contributed by atoms with Crippen LogP contribution in [0.1, 0.15) is 25.5 Å². The Morgan fingerprint density at radius 3 is 3.00 bits per heavy atom. The minimum absolute atomic E-state index is 0.104. The number of rotatable bonds is 4. The molecule has 138 valence electrons. The molecular formula is C19H20N6OS. The van der Waals surface area contributed by atoms with Crippen LogP contribution in [0.25, 0.3) is 32.0 Å². The Morgan fingerprint density at radius 1 is 1.33 bits per heavy atom. The van der Waals surface area contributed by atoms with E-state index in [-0.39, 0.29) is 12.1 Å². The Morgan fingerprint density at radius 2 is 2.19 bits per heavy atom. The summed E-state index contributed by atoms with van der Waals surface area (Å²) >= 11 is 1.56. The Labute approximate surface area is 160 Å². The van der Waals surface area contributed by atoms with Gasteiger partial charge in [-0.05, 0) is 25.5 Å². The summed E-state index contributed by atoms with van der Waals surface area (Å²) in [5, 5.41) is 6.59. The fourth-order valence-electron chi connectivity index (χ4n) is 3.06. The highest BCUT2D eigenvalue weighted by atomic mass is 32.1. The molecule has 1 aromatic carbocycles. The highest BCUT2D eigenvalue weighted by molar-refractivity contribution is 7.21. The van der Waals surface area contributed by atoms with Crippen molar-refractivity contribution in [2.45, 2.75) is 19.9 Å². The molecule has 2 N–H and O–H groups in total. The predicted octanol–water partition coefficient (Wildman–Crippen LogP) is 3.63. The lowest BCUT2D eigenvalue weighted by Gasteiger charge is -2.15. The first-order valence-corrected chi connectivity index (χ1v) is 9.59. The van der Waals surface area contributed by atoms with Gasteiger partial charge in [0.15, 0.2) is 0 Å². The number of carbonyl (C=O) groups is 1. The third kappa shape index (κ3) is 3.23. The fraction of sp³-hybridized carbons (Fsp3) is 0.263. The molecule has 0 saturated carbocycles. The van der Waals surface area contributed by atoms with Gasteiger partial charge in [0.1, 0.15) is 20.9 Å². The van der Waals surface area contributed by atoms with E-state index < -0.39 is 0 Å². The smallest absolute Gasteiger partial charge is 0.315 e. The molecule has 0 unspecified atom stereocenters. The number of fused-ring (bicyclic) bond motifs is 3. The van der Waals surface area contributed by atoms with Crippen molar-refractivity contribution in [2.75, 3.05) is 6.54 Å². The zero-order valence-electron chi connectivity index (χ0n) is 15.4. The molecule has 0 aliphatic carbocycles. The van der Waals surface area contributed by atoms with Crippen LogP contribution in [0.4, 0.5) is 4.79 Å². The van der Waals surface area contributed by atoms with Gasteiger partial charge in [0.2, 0.25) is 0 Å². The van der Waals surface area contributed by atoms with E-state index in [1.165, 1.54) is 0 Å². The van der Waals surface area contributed by atoms with Crippen LogP contribution in [0, 0.1) is 0 Å². The molecule has 0 aliphatic rings. The van der Waals surface area contributed by atoms with Crippen LogP contribution in [-0.2, 0) is 7.05 Å².